The van der Waals surface area contributed by atoms with Gasteiger partial charge in [-0.3, -0.25) is 9.59 Å². The Morgan fingerprint density at radius 3 is 2.40 bits per heavy atom. The minimum Gasteiger partial charge on any atom is -0.482 e. The van der Waals surface area contributed by atoms with E-state index in [1.54, 1.807) is 43.3 Å². The van der Waals surface area contributed by atoms with Crippen molar-refractivity contribution in [2.75, 3.05) is 13.2 Å². The van der Waals surface area contributed by atoms with Crippen LogP contribution >= 0.6 is 11.6 Å². The number of nitrogens with zero attached hydrogens (tertiary/aromatic N) is 1. The highest BCUT2D eigenvalue weighted by molar-refractivity contribution is 6.32. The van der Waals surface area contributed by atoms with E-state index < -0.39 is 6.04 Å². The molecule has 0 bridgehead atoms. The third-order valence-electron chi connectivity index (χ3n) is 4.64. The largest absolute Gasteiger partial charge is 0.482 e. The lowest BCUT2D eigenvalue weighted by molar-refractivity contribution is -0.142. The molecule has 1 atom stereocenters. The molecule has 0 fully saturated rings. The molecule has 0 saturated carbocycles. The second kappa shape index (κ2) is 11.6. The molecule has 0 heterocycles. The Morgan fingerprint density at radius 1 is 1.10 bits per heavy atom. The molecular weight excluding hydrogens is 407 g/mol. The number of ether oxygens (including phenoxy) is 1. The van der Waals surface area contributed by atoms with Gasteiger partial charge in [0.25, 0.3) is 5.91 Å². The van der Waals surface area contributed by atoms with E-state index in [9.17, 15) is 14.0 Å². The average Bonchev–Trinajstić information content (AvgIpc) is 2.71. The summed E-state index contributed by atoms with van der Waals surface area (Å²) >= 11 is 6.08. The molecule has 30 heavy (non-hydrogen) atoms. The maximum atomic E-state index is 13.2. The van der Waals surface area contributed by atoms with Crippen molar-refractivity contribution < 1.29 is 18.7 Å². The zero-order chi connectivity index (χ0) is 22.1. The van der Waals surface area contributed by atoms with Crippen molar-refractivity contribution in [2.45, 2.75) is 39.8 Å². The van der Waals surface area contributed by atoms with Gasteiger partial charge in [0.15, 0.2) is 6.61 Å². The lowest BCUT2D eigenvalue weighted by Gasteiger charge is -2.29. The molecule has 162 valence electrons. The van der Waals surface area contributed by atoms with Gasteiger partial charge in [-0.2, -0.15) is 0 Å². The monoisotopic (exact) mass is 434 g/mol. The van der Waals surface area contributed by atoms with Crippen molar-refractivity contribution in [1.29, 1.82) is 0 Å². The molecule has 0 saturated heterocycles. The fourth-order valence-corrected chi connectivity index (χ4v) is 2.98. The van der Waals surface area contributed by atoms with Gasteiger partial charge < -0.3 is 15.0 Å². The summed E-state index contributed by atoms with van der Waals surface area (Å²) in [6.45, 7) is 6.24. The van der Waals surface area contributed by atoms with E-state index in [4.69, 9.17) is 16.3 Å². The normalized spacial score (nSPS) is 11.8. The summed E-state index contributed by atoms with van der Waals surface area (Å²) in [4.78, 5) is 27.0. The molecule has 5 nitrogen and oxygen atoms in total. The molecule has 2 aromatic carbocycles. The van der Waals surface area contributed by atoms with Crippen LogP contribution in [0, 0.1) is 11.7 Å². The summed E-state index contributed by atoms with van der Waals surface area (Å²) in [5, 5.41) is 3.27. The van der Waals surface area contributed by atoms with Gasteiger partial charge >= 0.3 is 0 Å². The third-order valence-corrected chi connectivity index (χ3v) is 4.95. The van der Waals surface area contributed by atoms with Crippen LogP contribution in [0.4, 0.5) is 4.39 Å². The van der Waals surface area contributed by atoms with Crippen LogP contribution in [0.15, 0.2) is 48.5 Å². The summed E-state index contributed by atoms with van der Waals surface area (Å²) < 4.78 is 18.8. The first-order valence-electron chi connectivity index (χ1n) is 9.97. The lowest BCUT2D eigenvalue weighted by Crippen LogP contribution is -2.49. The van der Waals surface area contributed by atoms with Crippen LogP contribution in [-0.2, 0) is 16.1 Å². The van der Waals surface area contributed by atoms with Crippen molar-refractivity contribution in [1.82, 2.24) is 10.2 Å². The van der Waals surface area contributed by atoms with Gasteiger partial charge in [0.05, 0.1) is 5.02 Å². The molecule has 0 aromatic heterocycles. The predicted octanol–water partition coefficient (Wildman–Crippen LogP) is 4.44. The molecule has 0 spiro atoms. The minimum absolute atomic E-state index is 0.157. The molecule has 2 amide bonds. The van der Waals surface area contributed by atoms with Crippen LogP contribution in [-0.4, -0.2) is 35.9 Å². The first-order chi connectivity index (χ1) is 14.3. The first kappa shape index (κ1) is 23.7. The van der Waals surface area contributed by atoms with Gasteiger partial charge in [0.2, 0.25) is 5.91 Å². The fraction of sp³-hybridized carbons (Fsp3) is 0.391. The van der Waals surface area contributed by atoms with E-state index in [1.165, 1.54) is 17.0 Å². The first-order valence-corrected chi connectivity index (χ1v) is 10.3. The Labute approximate surface area is 182 Å². The maximum absolute atomic E-state index is 13.2. The van der Waals surface area contributed by atoms with Crippen LogP contribution < -0.4 is 10.1 Å². The Kier molecular flexibility index (Phi) is 9.12. The Hall–Kier alpha value is -2.60. The van der Waals surface area contributed by atoms with Gasteiger partial charge in [0.1, 0.15) is 17.6 Å². The summed E-state index contributed by atoms with van der Waals surface area (Å²) in [5.74, 6) is -0.127. The van der Waals surface area contributed by atoms with Crippen LogP contribution in [0.3, 0.4) is 0 Å². The smallest absolute Gasteiger partial charge is 0.261 e. The molecule has 1 N–H and O–H groups in total. The summed E-state index contributed by atoms with van der Waals surface area (Å²) in [6.07, 6.45) is 0.847. The molecule has 0 aliphatic heterocycles. The minimum atomic E-state index is -0.718. The number of para-hydroxylation sites is 1. The van der Waals surface area contributed by atoms with Crippen LogP contribution in [0.25, 0.3) is 0 Å². The van der Waals surface area contributed by atoms with E-state index in [-0.39, 0.29) is 30.8 Å². The fourth-order valence-electron chi connectivity index (χ4n) is 2.79. The van der Waals surface area contributed by atoms with E-state index >= 15 is 0 Å². The number of benzene rings is 2. The molecule has 2 rings (SSSR count). The number of hydrogen-bond donors (Lipinski definition) is 1. The van der Waals surface area contributed by atoms with E-state index in [0.717, 1.165) is 6.42 Å². The van der Waals surface area contributed by atoms with Gasteiger partial charge in [-0.1, -0.05) is 49.7 Å². The molecule has 0 radical (unpaired) electrons. The molecule has 0 aliphatic rings. The number of rotatable bonds is 10. The molecular formula is C23H28ClFN2O3. The lowest BCUT2D eigenvalue weighted by atomic mass is 10.1. The molecule has 7 heteroatoms. The summed E-state index contributed by atoms with van der Waals surface area (Å²) in [7, 11) is 0. The number of halogens is 2. The van der Waals surface area contributed by atoms with Crippen molar-refractivity contribution in [3.63, 3.8) is 0 Å². The topological polar surface area (TPSA) is 58.6 Å². The number of carbonyl (C=O) groups is 2. The van der Waals surface area contributed by atoms with E-state index in [0.29, 0.717) is 28.8 Å². The maximum Gasteiger partial charge on any atom is 0.261 e. The van der Waals surface area contributed by atoms with Gasteiger partial charge in [-0.15, -0.1) is 0 Å². The average molecular weight is 435 g/mol. The van der Waals surface area contributed by atoms with Crippen molar-refractivity contribution >= 4 is 23.4 Å². The molecule has 2 aromatic rings. The summed E-state index contributed by atoms with van der Waals surface area (Å²) in [6, 6.07) is 12.0. The highest BCUT2D eigenvalue weighted by Crippen LogP contribution is 2.23. The third kappa shape index (κ3) is 7.34. The second-order valence-corrected chi connectivity index (χ2v) is 7.92. The number of amides is 2. The second-order valence-electron chi connectivity index (χ2n) is 7.52. The van der Waals surface area contributed by atoms with Crippen molar-refractivity contribution in [3.8, 4) is 5.75 Å². The SMILES string of the molecule is CC(C)CCNC(=O)[C@H](C)N(Cc1ccc(F)cc1)C(=O)COc1ccccc1Cl. The number of nitrogens with one attached hydrogen (secondary N) is 1. The van der Waals surface area contributed by atoms with Gasteiger partial charge in [-0.25, -0.2) is 4.39 Å². The Balaban J connectivity index is 2.10. The standard InChI is InChI=1S/C23H28ClFN2O3/c1-16(2)12-13-26-23(29)17(3)27(14-18-8-10-19(25)11-9-18)22(28)15-30-21-7-5-4-6-20(21)24/h4-11,16-17H,12-15H2,1-3H3,(H,26,29)/t17-/m0/s1. The highest BCUT2D eigenvalue weighted by Gasteiger charge is 2.26. The quantitative estimate of drug-likeness (QED) is 0.601. The van der Waals surface area contributed by atoms with Crippen molar-refractivity contribution in [3.05, 3.63) is 64.9 Å². The Bertz CT molecular complexity index is 843. The van der Waals surface area contributed by atoms with Gasteiger partial charge in [0, 0.05) is 13.1 Å². The van der Waals surface area contributed by atoms with Crippen molar-refractivity contribution in [2.24, 2.45) is 5.92 Å². The van der Waals surface area contributed by atoms with Crippen LogP contribution in [0.1, 0.15) is 32.8 Å². The van der Waals surface area contributed by atoms with E-state index in [2.05, 4.69) is 19.2 Å². The number of hydrogen-bond acceptors (Lipinski definition) is 3. The zero-order valence-electron chi connectivity index (χ0n) is 17.5. The molecule has 0 aliphatic carbocycles. The van der Waals surface area contributed by atoms with Gasteiger partial charge in [-0.05, 0) is 49.1 Å². The highest BCUT2D eigenvalue weighted by atomic mass is 35.5. The van der Waals surface area contributed by atoms with Crippen LogP contribution in [0.5, 0.6) is 5.75 Å². The molecule has 0 unspecified atom stereocenters. The Morgan fingerprint density at radius 2 is 1.77 bits per heavy atom. The van der Waals surface area contributed by atoms with Crippen LogP contribution in [0.2, 0.25) is 5.02 Å². The summed E-state index contributed by atoms with van der Waals surface area (Å²) in [5.41, 5.74) is 0.712. The zero-order valence-corrected chi connectivity index (χ0v) is 18.3. The van der Waals surface area contributed by atoms with E-state index in [1.807, 2.05) is 0 Å². The predicted molar refractivity (Wildman–Crippen MR) is 116 cm³/mol. The number of carbonyl (C=O) groups excluding carboxylic acids is 2.